The van der Waals surface area contributed by atoms with Gasteiger partial charge in [-0.2, -0.15) is 4.98 Å². The molecular weight excluding hydrogens is 490 g/mol. The van der Waals surface area contributed by atoms with E-state index in [1.54, 1.807) is 44.2 Å². The second kappa shape index (κ2) is 11.6. The molecule has 0 saturated heterocycles. The van der Waals surface area contributed by atoms with Crippen molar-refractivity contribution in [3.05, 3.63) is 70.4 Å². The van der Waals surface area contributed by atoms with E-state index < -0.39 is 0 Å². The molecule has 9 nitrogen and oxygen atoms in total. The minimum atomic E-state index is -0.213. The van der Waals surface area contributed by atoms with E-state index in [0.717, 1.165) is 25.2 Å². The Bertz CT molecular complexity index is 1300. The summed E-state index contributed by atoms with van der Waals surface area (Å²) in [5, 5.41) is 9.41. The molecule has 1 unspecified atom stereocenters. The second-order valence-corrected chi connectivity index (χ2v) is 9.76. The lowest BCUT2D eigenvalue weighted by molar-refractivity contribution is -0.129. The van der Waals surface area contributed by atoms with Gasteiger partial charge in [0.15, 0.2) is 5.82 Å². The van der Waals surface area contributed by atoms with E-state index in [2.05, 4.69) is 49.9 Å². The Kier molecular flexibility index (Phi) is 8.25. The van der Waals surface area contributed by atoms with Crippen LogP contribution in [0.3, 0.4) is 0 Å². The van der Waals surface area contributed by atoms with Crippen LogP contribution < -0.4 is 16.0 Å². The first-order valence-electron chi connectivity index (χ1n) is 12.2. The minimum absolute atomic E-state index is 0.114. The van der Waals surface area contributed by atoms with Crippen molar-refractivity contribution in [2.45, 2.75) is 19.3 Å². The first kappa shape index (κ1) is 26.4. The fraction of sp³-hybridized carbons (Fsp3) is 0.333. The highest BCUT2D eigenvalue weighted by Gasteiger charge is 2.22. The summed E-state index contributed by atoms with van der Waals surface area (Å²) in [5.41, 5.74) is 4.46. The maximum Gasteiger partial charge on any atom is 0.253 e. The molecule has 0 fully saturated rings. The highest BCUT2D eigenvalue weighted by Crippen LogP contribution is 2.30. The van der Waals surface area contributed by atoms with Crippen molar-refractivity contribution in [2.75, 3.05) is 51.4 Å². The van der Waals surface area contributed by atoms with E-state index >= 15 is 0 Å². The van der Waals surface area contributed by atoms with Crippen LogP contribution in [-0.4, -0.2) is 72.4 Å². The first-order valence-corrected chi connectivity index (χ1v) is 12.6. The molecule has 2 heterocycles. The molecule has 0 spiro atoms. The molecule has 1 aliphatic rings. The van der Waals surface area contributed by atoms with Crippen LogP contribution in [0, 0.1) is 0 Å². The summed E-state index contributed by atoms with van der Waals surface area (Å²) in [6.07, 6.45) is 2.41. The maximum absolute atomic E-state index is 12.2. The summed E-state index contributed by atoms with van der Waals surface area (Å²) in [6.45, 7) is 4.27. The zero-order chi connectivity index (χ0) is 26.5. The number of nitrogens with one attached hydrogen (secondary N) is 3. The number of aromatic nitrogens is 2. The summed E-state index contributed by atoms with van der Waals surface area (Å²) in [5.74, 6) is 0.931. The summed E-state index contributed by atoms with van der Waals surface area (Å²) >= 11 is 6.37. The highest BCUT2D eigenvalue weighted by atomic mass is 35.5. The minimum Gasteiger partial charge on any atom is -0.355 e. The predicted octanol–water partition coefficient (Wildman–Crippen LogP) is 4.03. The van der Waals surface area contributed by atoms with Crippen LogP contribution in [0.15, 0.2) is 48.7 Å². The van der Waals surface area contributed by atoms with Gasteiger partial charge in [0.25, 0.3) is 5.91 Å². The Balaban J connectivity index is 1.52. The van der Waals surface area contributed by atoms with Crippen LogP contribution in [0.4, 0.5) is 23.1 Å². The average molecular weight is 522 g/mol. The standard InChI is InChI=1S/C27H32ClN7O2/c1-17-15-35(16-24(36)34(3)4)12-11-18-9-10-19(13-21(17)18)31-27-30-14-22(28)25(33-27)32-23-8-6-5-7-20(23)26(37)29-2/h5-10,13-14,17H,11-12,15-16H2,1-4H3,(H,29,37)(H2,30,31,32,33). The van der Waals surface area contributed by atoms with Crippen molar-refractivity contribution < 1.29 is 9.59 Å². The number of hydrogen-bond acceptors (Lipinski definition) is 7. The van der Waals surface area contributed by atoms with Crippen LogP contribution in [0.2, 0.25) is 5.02 Å². The molecule has 37 heavy (non-hydrogen) atoms. The number of para-hydroxylation sites is 1. The molecule has 0 radical (unpaired) electrons. The number of rotatable bonds is 7. The van der Waals surface area contributed by atoms with Gasteiger partial charge in [0.1, 0.15) is 5.02 Å². The number of hydrogen-bond donors (Lipinski definition) is 3. The third-order valence-electron chi connectivity index (χ3n) is 6.42. The second-order valence-electron chi connectivity index (χ2n) is 9.35. The van der Waals surface area contributed by atoms with Gasteiger partial charge in [-0.25, -0.2) is 4.98 Å². The predicted molar refractivity (Wildman–Crippen MR) is 147 cm³/mol. The van der Waals surface area contributed by atoms with Crippen LogP contribution >= 0.6 is 11.6 Å². The van der Waals surface area contributed by atoms with Crippen molar-refractivity contribution in [3.8, 4) is 0 Å². The van der Waals surface area contributed by atoms with E-state index in [1.807, 2.05) is 12.1 Å². The number of likely N-dealkylation sites (N-methyl/N-ethyl adjacent to an activating group) is 1. The van der Waals surface area contributed by atoms with Crippen molar-refractivity contribution in [3.63, 3.8) is 0 Å². The van der Waals surface area contributed by atoms with Gasteiger partial charge < -0.3 is 20.9 Å². The van der Waals surface area contributed by atoms with Gasteiger partial charge in [0, 0.05) is 39.9 Å². The number of nitrogens with zero attached hydrogens (tertiary/aromatic N) is 4. The summed E-state index contributed by atoms with van der Waals surface area (Å²) in [4.78, 5) is 37.2. The Morgan fingerprint density at radius 1 is 1.16 bits per heavy atom. The molecule has 2 amide bonds. The fourth-order valence-corrected chi connectivity index (χ4v) is 4.53. The Morgan fingerprint density at radius 2 is 1.95 bits per heavy atom. The molecule has 1 aliphatic heterocycles. The van der Waals surface area contributed by atoms with Crippen molar-refractivity contribution in [1.29, 1.82) is 0 Å². The zero-order valence-electron chi connectivity index (χ0n) is 21.5. The molecule has 0 aliphatic carbocycles. The molecular formula is C27H32ClN7O2. The van der Waals surface area contributed by atoms with E-state index in [4.69, 9.17) is 11.6 Å². The van der Waals surface area contributed by atoms with Gasteiger partial charge in [-0.3, -0.25) is 14.5 Å². The van der Waals surface area contributed by atoms with Crippen LogP contribution in [0.5, 0.6) is 0 Å². The molecule has 0 bridgehead atoms. The lowest BCUT2D eigenvalue weighted by Crippen LogP contribution is -2.38. The van der Waals surface area contributed by atoms with E-state index in [0.29, 0.717) is 34.6 Å². The van der Waals surface area contributed by atoms with E-state index in [1.165, 1.54) is 17.3 Å². The van der Waals surface area contributed by atoms with Gasteiger partial charge in [-0.05, 0) is 47.7 Å². The maximum atomic E-state index is 12.2. The number of anilines is 4. The monoisotopic (exact) mass is 521 g/mol. The Hall–Kier alpha value is -3.69. The fourth-order valence-electron chi connectivity index (χ4n) is 4.39. The number of halogens is 1. The van der Waals surface area contributed by atoms with Crippen molar-refractivity contribution >= 4 is 46.6 Å². The number of carbonyl (C=O) groups is 2. The van der Waals surface area contributed by atoms with Gasteiger partial charge in [-0.1, -0.05) is 36.7 Å². The third kappa shape index (κ3) is 6.36. The smallest absolute Gasteiger partial charge is 0.253 e. The zero-order valence-corrected chi connectivity index (χ0v) is 22.3. The number of carbonyl (C=O) groups excluding carboxylic acids is 2. The van der Waals surface area contributed by atoms with Crippen LogP contribution in [0.1, 0.15) is 34.3 Å². The molecule has 194 valence electrons. The quantitative estimate of drug-likeness (QED) is 0.431. The Labute approximate surface area is 222 Å². The topological polar surface area (TPSA) is 102 Å². The largest absolute Gasteiger partial charge is 0.355 e. The van der Waals surface area contributed by atoms with Gasteiger partial charge in [0.05, 0.1) is 24.0 Å². The summed E-state index contributed by atoms with van der Waals surface area (Å²) in [7, 11) is 5.16. The lowest BCUT2D eigenvalue weighted by atomic mass is 9.95. The average Bonchev–Trinajstić information content (AvgIpc) is 3.04. The van der Waals surface area contributed by atoms with Gasteiger partial charge >= 0.3 is 0 Å². The number of amides is 2. The molecule has 4 rings (SSSR count). The van der Waals surface area contributed by atoms with Crippen molar-refractivity contribution in [1.82, 2.24) is 25.1 Å². The summed E-state index contributed by atoms with van der Waals surface area (Å²) in [6, 6.07) is 13.4. The van der Waals surface area contributed by atoms with Gasteiger partial charge in [-0.15, -0.1) is 0 Å². The van der Waals surface area contributed by atoms with E-state index in [9.17, 15) is 9.59 Å². The molecule has 3 N–H and O–H groups in total. The van der Waals surface area contributed by atoms with Crippen LogP contribution in [0.25, 0.3) is 0 Å². The molecule has 0 saturated carbocycles. The molecule has 3 aromatic rings. The summed E-state index contributed by atoms with van der Waals surface area (Å²) < 4.78 is 0. The Morgan fingerprint density at radius 3 is 2.70 bits per heavy atom. The third-order valence-corrected chi connectivity index (χ3v) is 6.69. The number of fused-ring (bicyclic) bond motifs is 1. The van der Waals surface area contributed by atoms with E-state index in [-0.39, 0.29) is 17.7 Å². The SMILES string of the molecule is CNC(=O)c1ccccc1Nc1nc(Nc2ccc3c(c2)C(C)CN(CC(=O)N(C)C)CC3)ncc1Cl. The normalized spacial score (nSPS) is 15.3. The molecule has 10 heteroatoms. The van der Waals surface area contributed by atoms with Crippen molar-refractivity contribution in [2.24, 2.45) is 0 Å². The van der Waals surface area contributed by atoms with Crippen LogP contribution in [-0.2, 0) is 11.2 Å². The molecule has 2 aromatic carbocycles. The molecule has 1 atom stereocenters. The molecule has 1 aromatic heterocycles. The van der Waals surface area contributed by atoms with Gasteiger partial charge in [0.2, 0.25) is 11.9 Å². The number of benzene rings is 2. The lowest BCUT2D eigenvalue weighted by Gasteiger charge is -2.23. The first-order chi connectivity index (χ1) is 17.7. The highest BCUT2D eigenvalue weighted by molar-refractivity contribution is 6.33.